The molecule has 0 aliphatic carbocycles. The summed E-state index contributed by atoms with van der Waals surface area (Å²) < 4.78 is 0. The summed E-state index contributed by atoms with van der Waals surface area (Å²) >= 11 is 6.15. The molecule has 1 unspecified atom stereocenters. The lowest BCUT2D eigenvalue weighted by atomic mass is 9.99. The fourth-order valence-electron chi connectivity index (χ4n) is 3.22. The van der Waals surface area contributed by atoms with Gasteiger partial charge in [0.25, 0.3) is 0 Å². The lowest BCUT2D eigenvalue weighted by Crippen LogP contribution is -2.51. The topological polar surface area (TPSA) is 142 Å². The Hall–Kier alpha value is -3.04. The summed E-state index contributed by atoms with van der Waals surface area (Å²) in [6.45, 7) is 4.41. The number of carbonyl (C=O) groups is 2. The third-order valence-corrected chi connectivity index (χ3v) is 4.96. The van der Waals surface area contributed by atoms with Gasteiger partial charge in [-0.3, -0.25) is 4.79 Å². The first-order valence-electron chi connectivity index (χ1n) is 8.89. The van der Waals surface area contributed by atoms with Crippen LogP contribution in [-0.2, 0) is 11.2 Å². The van der Waals surface area contributed by atoms with Gasteiger partial charge in [0.1, 0.15) is 29.2 Å². The fraction of sp³-hybridized carbons (Fsp3) is 0.500. The van der Waals surface area contributed by atoms with Crippen LogP contribution in [0.4, 0.5) is 10.6 Å². The molecule has 1 atom stereocenters. The molecule has 10 heteroatoms. The number of amides is 2. The maximum absolute atomic E-state index is 12.0. The van der Waals surface area contributed by atoms with E-state index >= 15 is 0 Å². The number of piperidine rings is 1. The maximum Gasteiger partial charge on any atom is 0.405 e. The summed E-state index contributed by atoms with van der Waals surface area (Å²) in [7, 11) is 0. The van der Waals surface area contributed by atoms with E-state index in [0.717, 1.165) is 0 Å². The molecule has 2 heterocycles. The van der Waals surface area contributed by atoms with Crippen molar-refractivity contribution in [3.63, 3.8) is 0 Å². The number of nitrogens with one attached hydrogen (secondary N) is 2. The minimum absolute atomic E-state index is 0.0809. The lowest BCUT2D eigenvalue weighted by Gasteiger charge is -2.34. The number of rotatable bonds is 5. The van der Waals surface area contributed by atoms with E-state index in [0.29, 0.717) is 49.3 Å². The molecule has 1 fully saturated rings. The SMILES string of the molecule is CCc1c(C#N)c(Cl)nc(N2CCC(NC(=O)C(C)NC(=O)O)CC2)c1C#N. The second-order valence-corrected chi connectivity index (χ2v) is 6.83. The number of hydrogen-bond donors (Lipinski definition) is 3. The zero-order valence-corrected chi connectivity index (χ0v) is 16.4. The number of carbonyl (C=O) groups excluding carboxylic acids is 1. The maximum atomic E-state index is 12.0. The minimum Gasteiger partial charge on any atom is -0.465 e. The van der Waals surface area contributed by atoms with Gasteiger partial charge in [-0.25, -0.2) is 9.78 Å². The molecule has 2 rings (SSSR count). The molecular weight excluding hydrogens is 384 g/mol. The van der Waals surface area contributed by atoms with E-state index < -0.39 is 12.1 Å². The molecule has 0 radical (unpaired) electrons. The molecular formula is C18H21ClN6O3. The summed E-state index contributed by atoms with van der Waals surface area (Å²) in [6, 6.07) is 3.21. The Balaban J connectivity index is 2.11. The highest BCUT2D eigenvalue weighted by Gasteiger charge is 2.27. The van der Waals surface area contributed by atoms with Crippen molar-refractivity contribution in [1.29, 1.82) is 10.5 Å². The van der Waals surface area contributed by atoms with Crippen molar-refractivity contribution in [2.75, 3.05) is 18.0 Å². The van der Waals surface area contributed by atoms with E-state index in [1.807, 2.05) is 17.9 Å². The van der Waals surface area contributed by atoms with Crippen molar-refractivity contribution < 1.29 is 14.7 Å². The van der Waals surface area contributed by atoms with Crippen LogP contribution in [0.3, 0.4) is 0 Å². The molecule has 9 nitrogen and oxygen atoms in total. The number of carboxylic acid groups (broad SMARTS) is 1. The average Bonchev–Trinajstić information content (AvgIpc) is 2.67. The van der Waals surface area contributed by atoms with Gasteiger partial charge in [-0.1, -0.05) is 18.5 Å². The van der Waals surface area contributed by atoms with Crippen LogP contribution >= 0.6 is 11.6 Å². The number of anilines is 1. The first-order chi connectivity index (χ1) is 13.3. The Morgan fingerprint density at radius 3 is 2.43 bits per heavy atom. The highest BCUT2D eigenvalue weighted by molar-refractivity contribution is 6.30. The molecule has 2 amide bonds. The summed E-state index contributed by atoms with van der Waals surface area (Å²) in [5.74, 6) is 0.0698. The number of nitriles is 2. The van der Waals surface area contributed by atoms with Crippen LogP contribution in [0.1, 0.15) is 43.4 Å². The van der Waals surface area contributed by atoms with Crippen LogP contribution in [0.2, 0.25) is 5.15 Å². The first kappa shape index (κ1) is 21.3. The summed E-state index contributed by atoms with van der Waals surface area (Å²) in [6.07, 6.45) is 0.452. The first-order valence-corrected chi connectivity index (χ1v) is 9.27. The summed E-state index contributed by atoms with van der Waals surface area (Å²) in [5, 5.41) is 32.6. The molecule has 28 heavy (non-hydrogen) atoms. The van der Waals surface area contributed by atoms with Gasteiger partial charge in [-0.05, 0) is 31.7 Å². The van der Waals surface area contributed by atoms with E-state index in [1.54, 1.807) is 0 Å². The molecule has 0 bridgehead atoms. The van der Waals surface area contributed by atoms with Gasteiger partial charge >= 0.3 is 6.09 Å². The highest BCUT2D eigenvalue weighted by atomic mass is 35.5. The molecule has 1 saturated heterocycles. The normalized spacial score (nSPS) is 15.2. The van der Waals surface area contributed by atoms with Gasteiger partial charge in [-0.2, -0.15) is 10.5 Å². The predicted octanol–water partition coefficient (Wildman–Crippen LogP) is 1.78. The number of aromatic nitrogens is 1. The molecule has 1 aliphatic heterocycles. The van der Waals surface area contributed by atoms with Crippen LogP contribution in [0.5, 0.6) is 0 Å². The molecule has 1 aromatic heterocycles. The zero-order chi connectivity index (χ0) is 20.8. The van der Waals surface area contributed by atoms with Crippen molar-refractivity contribution in [3.8, 4) is 12.1 Å². The van der Waals surface area contributed by atoms with E-state index in [4.69, 9.17) is 16.7 Å². The smallest absolute Gasteiger partial charge is 0.405 e. The second kappa shape index (κ2) is 9.25. The van der Waals surface area contributed by atoms with E-state index in [2.05, 4.69) is 21.7 Å². The monoisotopic (exact) mass is 404 g/mol. The molecule has 1 aromatic rings. The van der Waals surface area contributed by atoms with Gasteiger partial charge in [-0.15, -0.1) is 0 Å². The summed E-state index contributed by atoms with van der Waals surface area (Å²) in [5.41, 5.74) is 1.17. The third-order valence-electron chi connectivity index (χ3n) is 4.69. The van der Waals surface area contributed by atoms with E-state index in [1.165, 1.54) is 6.92 Å². The van der Waals surface area contributed by atoms with Crippen LogP contribution in [0, 0.1) is 22.7 Å². The molecule has 3 N–H and O–H groups in total. The molecule has 0 spiro atoms. The summed E-state index contributed by atoms with van der Waals surface area (Å²) in [4.78, 5) is 28.9. The Kier molecular flexibility index (Phi) is 7.02. The van der Waals surface area contributed by atoms with Crippen molar-refractivity contribution in [1.82, 2.24) is 15.6 Å². The number of halogens is 1. The Morgan fingerprint density at radius 1 is 1.32 bits per heavy atom. The van der Waals surface area contributed by atoms with Gasteiger partial charge in [0.15, 0.2) is 0 Å². The van der Waals surface area contributed by atoms with Crippen molar-refractivity contribution in [2.24, 2.45) is 0 Å². The Morgan fingerprint density at radius 2 is 1.93 bits per heavy atom. The quantitative estimate of drug-likeness (QED) is 0.634. The van der Waals surface area contributed by atoms with Crippen LogP contribution < -0.4 is 15.5 Å². The van der Waals surface area contributed by atoms with E-state index in [9.17, 15) is 20.1 Å². The zero-order valence-electron chi connectivity index (χ0n) is 15.6. The Labute approximate surface area is 167 Å². The standard InChI is InChI=1S/C18H21ClN6O3/c1-3-12-13(8-20)15(19)24-16(14(12)9-21)25-6-4-11(5-7-25)23-17(26)10(2)22-18(27)28/h10-11,22H,3-7H2,1-2H3,(H,23,26)(H,27,28). The second-order valence-electron chi connectivity index (χ2n) is 6.47. The van der Waals surface area contributed by atoms with Crippen LogP contribution in [0.25, 0.3) is 0 Å². The van der Waals surface area contributed by atoms with Crippen LogP contribution in [0.15, 0.2) is 0 Å². The van der Waals surface area contributed by atoms with Gasteiger partial charge < -0.3 is 20.6 Å². The lowest BCUT2D eigenvalue weighted by molar-refractivity contribution is -0.123. The number of hydrogen-bond acceptors (Lipinski definition) is 6. The van der Waals surface area contributed by atoms with Gasteiger partial charge in [0.2, 0.25) is 5.91 Å². The fourth-order valence-corrected chi connectivity index (χ4v) is 3.45. The predicted molar refractivity (Wildman–Crippen MR) is 102 cm³/mol. The molecule has 0 saturated carbocycles. The number of nitrogens with zero attached hydrogens (tertiary/aromatic N) is 4. The van der Waals surface area contributed by atoms with Gasteiger partial charge in [0.05, 0.1) is 11.1 Å². The Bertz CT molecular complexity index is 852. The third kappa shape index (κ3) is 4.62. The number of pyridine rings is 1. The highest BCUT2D eigenvalue weighted by Crippen LogP contribution is 2.30. The average molecular weight is 405 g/mol. The van der Waals surface area contributed by atoms with Crippen molar-refractivity contribution >= 4 is 29.4 Å². The molecule has 148 valence electrons. The van der Waals surface area contributed by atoms with Crippen molar-refractivity contribution in [3.05, 3.63) is 21.8 Å². The largest absolute Gasteiger partial charge is 0.465 e. The van der Waals surface area contributed by atoms with Crippen molar-refractivity contribution in [2.45, 2.75) is 45.2 Å². The van der Waals surface area contributed by atoms with Crippen LogP contribution in [-0.4, -0.2) is 47.3 Å². The molecule has 0 aromatic carbocycles. The minimum atomic E-state index is -1.25. The molecule has 1 aliphatic rings. The van der Waals surface area contributed by atoms with Gasteiger partial charge in [0, 0.05) is 19.1 Å². The van der Waals surface area contributed by atoms with E-state index in [-0.39, 0.29) is 22.7 Å².